The summed E-state index contributed by atoms with van der Waals surface area (Å²) in [5, 5.41) is 1.21. The molecule has 0 saturated carbocycles. The van der Waals surface area contributed by atoms with E-state index in [0.29, 0.717) is 26.7 Å². The number of nitrogens with two attached hydrogens (primary N) is 1. The first-order valence-corrected chi connectivity index (χ1v) is 6.38. The Morgan fingerprint density at radius 1 is 1.35 bits per heavy atom. The van der Waals surface area contributed by atoms with Crippen LogP contribution in [0.5, 0.6) is 10.9 Å². The first-order valence-electron chi connectivity index (χ1n) is 4.85. The molecule has 90 valence electrons. The number of rotatable bonds is 3. The lowest BCUT2D eigenvalue weighted by Crippen LogP contribution is -1.92. The molecule has 0 aliphatic carbocycles. The first kappa shape index (κ1) is 12.4. The van der Waals surface area contributed by atoms with Crippen LogP contribution in [0.4, 0.5) is 5.69 Å². The second-order valence-corrected chi connectivity index (χ2v) is 4.77. The third-order valence-electron chi connectivity index (χ3n) is 2.02. The zero-order chi connectivity index (χ0) is 12.4. The van der Waals surface area contributed by atoms with Crippen LogP contribution in [0.15, 0.2) is 12.1 Å². The number of nitrogens with zero attached hydrogens (tertiary/aromatic N) is 2. The third kappa shape index (κ3) is 2.80. The van der Waals surface area contributed by atoms with Crippen molar-refractivity contribution in [3.63, 3.8) is 0 Å². The van der Waals surface area contributed by atoms with Gasteiger partial charge >= 0.3 is 0 Å². The highest BCUT2D eigenvalue weighted by molar-refractivity contribution is 7.07. The smallest absolute Gasteiger partial charge is 0.298 e. The molecule has 1 aromatic heterocycles. The number of nitrogen functional groups attached to an aromatic ring is 1. The van der Waals surface area contributed by atoms with E-state index in [-0.39, 0.29) is 0 Å². The van der Waals surface area contributed by atoms with Gasteiger partial charge in [0.15, 0.2) is 5.75 Å². The average Bonchev–Trinajstić information content (AvgIpc) is 2.73. The lowest BCUT2D eigenvalue weighted by molar-refractivity contribution is 0.479. The van der Waals surface area contributed by atoms with Gasteiger partial charge in [0.05, 0.1) is 15.7 Å². The van der Waals surface area contributed by atoms with Gasteiger partial charge in [-0.1, -0.05) is 30.1 Å². The van der Waals surface area contributed by atoms with Gasteiger partial charge in [-0.15, -0.1) is 0 Å². The van der Waals surface area contributed by atoms with Crippen molar-refractivity contribution in [3.05, 3.63) is 28.0 Å². The SMILES string of the molecule is CCc1nsc(Oc2cc(Cl)c(Cl)cc2N)n1. The van der Waals surface area contributed by atoms with Gasteiger partial charge in [0.2, 0.25) is 0 Å². The maximum Gasteiger partial charge on any atom is 0.298 e. The molecule has 17 heavy (non-hydrogen) atoms. The number of benzene rings is 1. The Balaban J connectivity index is 2.26. The lowest BCUT2D eigenvalue weighted by atomic mass is 10.3. The average molecular weight is 290 g/mol. The Morgan fingerprint density at radius 3 is 2.71 bits per heavy atom. The molecule has 0 bridgehead atoms. The van der Waals surface area contributed by atoms with E-state index in [1.54, 1.807) is 12.1 Å². The van der Waals surface area contributed by atoms with Gasteiger partial charge in [-0.25, -0.2) is 0 Å². The number of aromatic nitrogens is 2. The van der Waals surface area contributed by atoms with Crippen molar-refractivity contribution < 1.29 is 4.74 Å². The summed E-state index contributed by atoms with van der Waals surface area (Å²) in [5.41, 5.74) is 6.18. The molecule has 7 heteroatoms. The lowest BCUT2D eigenvalue weighted by Gasteiger charge is -2.06. The summed E-state index contributed by atoms with van der Waals surface area (Å²) < 4.78 is 9.61. The topological polar surface area (TPSA) is 61.0 Å². The van der Waals surface area contributed by atoms with Gasteiger partial charge in [0.25, 0.3) is 5.19 Å². The molecule has 0 radical (unpaired) electrons. The molecule has 0 unspecified atom stereocenters. The van der Waals surface area contributed by atoms with Crippen molar-refractivity contribution in [2.75, 3.05) is 5.73 Å². The van der Waals surface area contributed by atoms with Gasteiger partial charge in [-0.2, -0.15) is 9.36 Å². The summed E-state index contributed by atoms with van der Waals surface area (Å²) in [6.45, 7) is 1.97. The zero-order valence-corrected chi connectivity index (χ0v) is 11.2. The molecule has 0 spiro atoms. The maximum atomic E-state index is 5.88. The largest absolute Gasteiger partial charge is 0.428 e. The number of aryl methyl sites for hydroxylation is 1. The van der Waals surface area contributed by atoms with Crippen LogP contribution in [0.1, 0.15) is 12.7 Å². The molecule has 0 amide bonds. The third-order valence-corrected chi connectivity index (χ3v) is 3.37. The van der Waals surface area contributed by atoms with E-state index in [1.807, 2.05) is 6.92 Å². The van der Waals surface area contributed by atoms with Gasteiger partial charge in [0, 0.05) is 24.0 Å². The Kier molecular flexibility index (Phi) is 3.71. The van der Waals surface area contributed by atoms with Gasteiger partial charge in [-0.05, 0) is 6.07 Å². The van der Waals surface area contributed by atoms with Gasteiger partial charge in [0.1, 0.15) is 5.82 Å². The summed E-state index contributed by atoms with van der Waals surface area (Å²) in [4.78, 5) is 4.17. The fourth-order valence-corrected chi connectivity index (χ4v) is 2.10. The molecule has 0 aliphatic heterocycles. The molecular weight excluding hydrogens is 281 g/mol. The van der Waals surface area contributed by atoms with Crippen LogP contribution < -0.4 is 10.5 Å². The van der Waals surface area contributed by atoms with Crippen LogP contribution in [-0.4, -0.2) is 9.36 Å². The van der Waals surface area contributed by atoms with Gasteiger partial charge in [-0.3, -0.25) is 0 Å². The fourth-order valence-electron chi connectivity index (χ4n) is 1.15. The summed E-state index contributed by atoms with van der Waals surface area (Å²) in [6.07, 6.45) is 0.761. The van der Waals surface area contributed by atoms with E-state index in [9.17, 15) is 0 Å². The van der Waals surface area contributed by atoms with Crippen LogP contribution in [0, 0.1) is 0 Å². The van der Waals surface area contributed by atoms with E-state index in [2.05, 4.69) is 9.36 Å². The second-order valence-electron chi connectivity index (χ2n) is 3.24. The molecule has 0 aliphatic rings. The Labute approximate surface area is 112 Å². The van der Waals surface area contributed by atoms with Crippen molar-refractivity contribution in [1.82, 2.24) is 9.36 Å². The van der Waals surface area contributed by atoms with Crippen molar-refractivity contribution in [2.24, 2.45) is 0 Å². The molecule has 0 atom stereocenters. The minimum atomic E-state index is 0.385. The number of hydrogen-bond acceptors (Lipinski definition) is 5. The van der Waals surface area contributed by atoms with Crippen LogP contribution in [0.2, 0.25) is 10.0 Å². The first-order chi connectivity index (χ1) is 8.10. The highest BCUT2D eigenvalue weighted by atomic mass is 35.5. The summed E-state index contributed by atoms with van der Waals surface area (Å²) in [6, 6.07) is 3.10. The van der Waals surface area contributed by atoms with Crippen molar-refractivity contribution in [3.8, 4) is 10.9 Å². The molecular formula is C10H9Cl2N3OS. The molecule has 1 aromatic carbocycles. The van der Waals surface area contributed by atoms with Crippen molar-refractivity contribution >= 4 is 40.4 Å². The van der Waals surface area contributed by atoms with Crippen LogP contribution in [0.25, 0.3) is 0 Å². The predicted molar refractivity (Wildman–Crippen MR) is 70.2 cm³/mol. The van der Waals surface area contributed by atoms with Crippen molar-refractivity contribution in [1.29, 1.82) is 0 Å². The quantitative estimate of drug-likeness (QED) is 0.874. The maximum absolute atomic E-state index is 5.88. The summed E-state index contributed by atoms with van der Waals surface area (Å²) >= 11 is 12.9. The van der Waals surface area contributed by atoms with E-state index in [0.717, 1.165) is 12.2 Å². The molecule has 4 nitrogen and oxygen atoms in total. The highest BCUT2D eigenvalue weighted by Gasteiger charge is 2.10. The van der Waals surface area contributed by atoms with E-state index in [4.69, 9.17) is 33.7 Å². The minimum Gasteiger partial charge on any atom is -0.428 e. The molecule has 1 heterocycles. The fraction of sp³-hybridized carbons (Fsp3) is 0.200. The monoisotopic (exact) mass is 289 g/mol. The number of halogens is 2. The van der Waals surface area contributed by atoms with Crippen LogP contribution in [0.3, 0.4) is 0 Å². The number of ether oxygens (including phenoxy) is 1. The van der Waals surface area contributed by atoms with E-state index < -0.39 is 0 Å². The molecule has 2 N–H and O–H groups in total. The summed E-state index contributed by atoms with van der Waals surface area (Å²) in [7, 11) is 0. The Bertz CT molecular complexity index is 544. The highest BCUT2D eigenvalue weighted by Crippen LogP contribution is 2.35. The van der Waals surface area contributed by atoms with E-state index >= 15 is 0 Å². The normalized spacial score (nSPS) is 10.5. The Morgan fingerprint density at radius 2 is 2.06 bits per heavy atom. The summed E-state index contributed by atoms with van der Waals surface area (Å²) in [5.74, 6) is 1.17. The standard InChI is InChI=1S/C10H9Cl2N3OS/c1-2-9-14-10(17-15-9)16-8-4-6(12)5(11)3-7(8)13/h3-4H,2,13H2,1H3. The molecule has 2 aromatic rings. The number of anilines is 1. The van der Waals surface area contributed by atoms with Crippen LogP contribution >= 0.6 is 34.7 Å². The molecule has 0 fully saturated rings. The van der Waals surface area contributed by atoms with Gasteiger partial charge < -0.3 is 10.5 Å². The Hall–Kier alpha value is -1.04. The zero-order valence-electron chi connectivity index (χ0n) is 8.91. The van der Waals surface area contributed by atoms with Crippen molar-refractivity contribution in [2.45, 2.75) is 13.3 Å². The molecule has 0 saturated heterocycles. The predicted octanol–water partition coefficient (Wildman–Crippen LogP) is 3.78. The van der Waals surface area contributed by atoms with Crippen LogP contribution in [-0.2, 0) is 6.42 Å². The molecule has 2 rings (SSSR count). The minimum absolute atomic E-state index is 0.385. The van der Waals surface area contributed by atoms with E-state index in [1.165, 1.54) is 11.5 Å². The second kappa shape index (κ2) is 5.08. The number of hydrogen-bond donors (Lipinski definition) is 1.